The Morgan fingerprint density at radius 3 is 2.68 bits per heavy atom. The van der Waals surface area contributed by atoms with Crippen molar-refractivity contribution in [1.29, 1.82) is 0 Å². The molecule has 0 amide bonds. The van der Waals surface area contributed by atoms with Gasteiger partial charge >= 0.3 is 5.97 Å². The molecule has 0 bridgehead atoms. The first-order valence-electron chi connectivity index (χ1n) is 6.62. The van der Waals surface area contributed by atoms with Crippen LogP contribution in [0.4, 0.5) is 0 Å². The van der Waals surface area contributed by atoms with Crippen LogP contribution in [0.15, 0.2) is 40.9 Å². The zero-order valence-corrected chi connectivity index (χ0v) is 13.5. The normalized spacial score (nSPS) is 11.1. The third-order valence-electron chi connectivity index (χ3n) is 3.00. The number of methoxy groups -OCH3 is 1. The summed E-state index contributed by atoms with van der Waals surface area (Å²) in [4.78, 5) is 17.2. The largest absolute Gasteiger partial charge is 0.489 e. The van der Waals surface area contributed by atoms with Gasteiger partial charge in [0.25, 0.3) is 0 Å². The Kier molecular flexibility index (Phi) is 5.55. The van der Waals surface area contributed by atoms with Gasteiger partial charge < -0.3 is 14.3 Å². The molecule has 0 aliphatic heterocycles. The number of aryl methyl sites for hydroxylation is 1. The van der Waals surface area contributed by atoms with Gasteiger partial charge in [-0.15, -0.1) is 11.3 Å². The number of nitrogens with zero attached hydrogens (tertiary/aromatic N) is 1. The molecule has 0 fully saturated rings. The molecular formula is C16H17NO4S. The van der Waals surface area contributed by atoms with Crippen molar-refractivity contribution in [1.82, 2.24) is 0 Å². The van der Waals surface area contributed by atoms with Crippen LogP contribution in [0.1, 0.15) is 16.0 Å². The molecule has 116 valence electrons. The van der Waals surface area contributed by atoms with E-state index in [0.29, 0.717) is 11.5 Å². The van der Waals surface area contributed by atoms with E-state index in [4.69, 9.17) is 14.3 Å². The van der Waals surface area contributed by atoms with E-state index in [0.717, 1.165) is 16.9 Å². The van der Waals surface area contributed by atoms with Crippen molar-refractivity contribution in [2.24, 2.45) is 5.16 Å². The second kappa shape index (κ2) is 7.61. The molecule has 22 heavy (non-hydrogen) atoms. The van der Waals surface area contributed by atoms with Gasteiger partial charge in [0.15, 0.2) is 0 Å². The maximum atomic E-state index is 11.8. The molecule has 0 unspecified atom stereocenters. The summed E-state index contributed by atoms with van der Waals surface area (Å²) in [7, 11) is 2.70. The van der Waals surface area contributed by atoms with Crippen molar-refractivity contribution < 1.29 is 19.1 Å². The fourth-order valence-electron chi connectivity index (χ4n) is 1.89. The van der Waals surface area contributed by atoms with Crippen LogP contribution in [0, 0.1) is 6.92 Å². The van der Waals surface area contributed by atoms with Crippen LogP contribution in [0.3, 0.4) is 0 Å². The zero-order valence-electron chi connectivity index (χ0n) is 12.7. The molecule has 0 spiro atoms. The highest BCUT2D eigenvalue weighted by Crippen LogP contribution is 2.23. The van der Waals surface area contributed by atoms with Crippen LogP contribution in [0.2, 0.25) is 0 Å². The van der Waals surface area contributed by atoms with Gasteiger partial charge in [-0.25, -0.2) is 4.79 Å². The molecule has 0 N–H and O–H groups in total. The third-order valence-corrected chi connectivity index (χ3v) is 3.96. The molecule has 0 saturated carbocycles. The molecule has 0 atom stereocenters. The molecule has 0 saturated heterocycles. The number of thiophene rings is 1. The first-order valence-corrected chi connectivity index (χ1v) is 7.50. The summed E-state index contributed by atoms with van der Waals surface area (Å²) in [5.41, 5.74) is 2.05. The van der Waals surface area contributed by atoms with Crippen molar-refractivity contribution in [3.05, 3.63) is 51.7 Å². The van der Waals surface area contributed by atoms with Gasteiger partial charge in [-0.1, -0.05) is 23.4 Å². The van der Waals surface area contributed by atoms with Crippen LogP contribution in [-0.4, -0.2) is 25.9 Å². The fourth-order valence-corrected chi connectivity index (χ4v) is 2.77. The van der Waals surface area contributed by atoms with E-state index in [1.54, 1.807) is 0 Å². The molecule has 6 heteroatoms. The van der Waals surface area contributed by atoms with Gasteiger partial charge in [-0.3, -0.25) is 0 Å². The number of carbonyl (C=O) groups is 1. The van der Waals surface area contributed by atoms with E-state index in [2.05, 4.69) is 5.16 Å². The van der Waals surface area contributed by atoms with Crippen molar-refractivity contribution in [3.8, 4) is 5.75 Å². The number of rotatable bonds is 6. The maximum absolute atomic E-state index is 11.8. The predicted octanol–water partition coefficient (Wildman–Crippen LogP) is 3.16. The maximum Gasteiger partial charge on any atom is 0.361 e. The quantitative estimate of drug-likeness (QED) is 0.466. The summed E-state index contributed by atoms with van der Waals surface area (Å²) in [5.74, 6) is 0.268. The lowest BCUT2D eigenvalue weighted by atomic mass is 10.2. The van der Waals surface area contributed by atoms with E-state index in [1.165, 1.54) is 25.6 Å². The SMILES string of the molecule is CON=C(C(=O)OC)c1sccc1COc1ccccc1C. The third kappa shape index (κ3) is 3.65. The highest BCUT2D eigenvalue weighted by molar-refractivity contribution is 7.13. The Balaban J connectivity index is 2.20. The number of oxime groups is 1. The number of hydrogen-bond donors (Lipinski definition) is 0. The molecule has 2 aromatic rings. The molecule has 2 rings (SSSR count). The van der Waals surface area contributed by atoms with E-state index < -0.39 is 5.97 Å². The summed E-state index contributed by atoms with van der Waals surface area (Å²) in [6, 6.07) is 9.66. The molecule has 5 nitrogen and oxygen atoms in total. The van der Waals surface area contributed by atoms with Gasteiger partial charge in [0.2, 0.25) is 5.71 Å². The number of benzene rings is 1. The second-order valence-corrected chi connectivity index (χ2v) is 5.36. The summed E-state index contributed by atoms with van der Waals surface area (Å²) < 4.78 is 10.6. The summed E-state index contributed by atoms with van der Waals surface area (Å²) in [6.45, 7) is 2.32. The Hall–Kier alpha value is -2.34. The number of hydrogen-bond acceptors (Lipinski definition) is 6. The first-order chi connectivity index (χ1) is 10.7. The lowest BCUT2D eigenvalue weighted by molar-refractivity contribution is -0.132. The monoisotopic (exact) mass is 319 g/mol. The summed E-state index contributed by atoms with van der Waals surface area (Å²) in [6.07, 6.45) is 0. The molecule has 1 aromatic heterocycles. The van der Waals surface area contributed by atoms with E-state index in [1.807, 2.05) is 42.6 Å². The minimum atomic E-state index is -0.540. The molecule has 0 radical (unpaired) electrons. The highest BCUT2D eigenvalue weighted by Gasteiger charge is 2.21. The molecule has 1 heterocycles. The van der Waals surface area contributed by atoms with Crippen LogP contribution < -0.4 is 4.74 Å². The number of ether oxygens (including phenoxy) is 2. The van der Waals surface area contributed by atoms with Crippen LogP contribution in [-0.2, 0) is 21.0 Å². The van der Waals surface area contributed by atoms with Crippen LogP contribution >= 0.6 is 11.3 Å². The van der Waals surface area contributed by atoms with Crippen LogP contribution in [0.5, 0.6) is 5.75 Å². The van der Waals surface area contributed by atoms with E-state index in [-0.39, 0.29) is 5.71 Å². The van der Waals surface area contributed by atoms with Gasteiger partial charge in [0.1, 0.15) is 19.5 Å². The van der Waals surface area contributed by atoms with Gasteiger partial charge in [-0.05, 0) is 30.0 Å². The molecule has 0 aliphatic rings. The standard InChI is InChI=1S/C16H17NO4S/c1-11-6-4-5-7-13(11)21-10-12-8-9-22-15(12)14(17-20-3)16(18)19-2/h4-9H,10H2,1-3H3. The fraction of sp³-hybridized carbons (Fsp3) is 0.250. The second-order valence-electron chi connectivity index (χ2n) is 4.44. The van der Waals surface area contributed by atoms with Gasteiger partial charge in [-0.2, -0.15) is 0 Å². The Bertz CT molecular complexity index is 678. The zero-order chi connectivity index (χ0) is 15.9. The van der Waals surface area contributed by atoms with Crippen molar-refractivity contribution in [3.63, 3.8) is 0 Å². The Morgan fingerprint density at radius 1 is 1.23 bits per heavy atom. The topological polar surface area (TPSA) is 57.1 Å². The lowest BCUT2D eigenvalue weighted by Crippen LogP contribution is -2.18. The number of para-hydroxylation sites is 1. The highest BCUT2D eigenvalue weighted by atomic mass is 32.1. The minimum absolute atomic E-state index is 0.142. The van der Waals surface area contributed by atoms with Crippen molar-refractivity contribution in [2.45, 2.75) is 13.5 Å². The number of esters is 1. The Labute approximate surface area is 133 Å². The van der Waals surface area contributed by atoms with Gasteiger partial charge in [0.05, 0.1) is 12.0 Å². The van der Waals surface area contributed by atoms with Crippen molar-refractivity contribution in [2.75, 3.05) is 14.2 Å². The molecule has 1 aromatic carbocycles. The van der Waals surface area contributed by atoms with E-state index >= 15 is 0 Å². The molecular weight excluding hydrogens is 302 g/mol. The van der Waals surface area contributed by atoms with Crippen LogP contribution in [0.25, 0.3) is 0 Å². The average molecular weight is 319 g/mol. The first kappa shape index (κ1) is 16.0. The summed E-state index contributed by atoms with van der Waals surface area (Å²) >= 11 is 1.39. The van der Waals surface area contributed by atoms with Gasteiger partial charge in [0, 0.05) is 5.56 Å². The minimum Gasteiger partial charge on any atom is -0.489 e. The summed E-state index contributed by atoms with van der Waals surface area (Å²) in [5, 5.41) is 5.64. The smallest absolute Gasteiger partial charge is 0.361 e. The number of carbonyl (C=O) groups excluding carboxylic acids is 1. The van der Waals surface area contributed by atoms with E-state index in [9.17, 15) is 4.79 Å². The lowest BCUT2D eigenvalue weighted by Gasteiger charge is -2.09. The van der Waals surface area contributed by atoms with Crippen molar-refractivity contribution >= 4 is 23.0 Å². The Morgan fingerprint density at radius 2 is 2.00 bits per heavy atom. The average Bonchev–Trinajstić information content (AvgIpc) is 2.99. The predicted molar refractivity (Wildman–Crippen MR) is 85.4 cm³/mol. The molecule has 0 aliphatic carbocycles.